The lowest BCUT2D eigenvalue weighted by Gasteiger charge is -2.10. The third kappa shape index (κ3) is 4.44. The fourth-order valence-corrected chi connectivity index (χ4v) is 6.65. The van der Waals surface area contributed by atoms with Gasteiger partial charge in [0.1, 0.15) is 11.1 Å². The van der Waals surface area contributed by atoms with Crippen molar-refractivity contribution in [3.8, 4) is 51.0 Å². The highest BCUT2D eigenvalue weighted by molar-refractivity contribution is 6.05. The molecule has 49 heavy (non-hydrogen) atoms. The molecule has 0 atom stereocenters. The minimum Gasteiger partial charge on any atom is -0.437 e. The average Bonchev–Trinajstić information content (AvgIpc) is 3.82. The van der Waals surface area contributed by atoms with E-state index >= 15 is 0 Å². The first kappa shape index (κ1) is 27.3. The number of benzene rings is 6. The van der Waals surface area contributed by atoms with E-state index in [0.29, 0.717) is 17.5 Å². The molecular weight excluding hydrogens is 605 g/mol. The molecule has 230 valence electrons. The summed E-state index contributed by atoms with van der Waals surface area (Å²) >= 11 is 0. The molecule has 6 aromatic carbocycles. The molecule has 0 aliphatic rings. The van der Waals surface area contributed by atoms with Crippen LogP contribution in [0.2, 0.25) is 0 Å². The molecule has 10 rings (SSSR count). The Bertz CT molecular complexity index is 2800. The van der Waals surface area contributed by atoms with Gasteiger partial charge in [0.15, 0.2) is 17.5 Å². The van der Waals surface area contributed by atoms with Crippen LogP contribution in [0, 0.1) is 0 Å². The third-order valence-electron chi connectivity index (χ3n) is 9.01. The third-order valence-corrected chi connectivity index (χ3v) is 9.01. The van der Waals surface area contributed by atoms with Gasteiger partial charge in [0.25, 0.3) is 0 Å². The van der Waals surface area contributed by atoms with Crippen molar-refractivity contribution in [3.05, 3.63) is 158 Å². The van der Waals surface area contributed by atoms with Gasteiger partial charge < -0.3 is 4.42 Å². The van der Waals surface area contributed by atoms with Crippen LogP contribution in [0.5, 0.6) is 0 Å². The van der Waals surface area contributed by atoms with Gasteiger partial charge in [-0.25, -0.2) is 24.3 Å². The Balaban J connectivity index is 1.18. The SMILES string of the molecule is c1ccc(-c2ccc(-c3nc(-c4ccccc4)nc(-c4ccc5c(c4)n(-c4ccccc4)c4nc6c7ccccc7oc6n54)n3)cc2)cc1. The Kier molecular flexibility index (Phi) is 6.04. The molecule has 0 radical (unpaired) electrons. The second-order valence-electron chi connectivity index (χ2n) is 12.0. The van der Waals surface area contributed by atoms with Gasteiger partial charge >= 0.3 is 0 Å². The lowest BCUT2D eigenvalue weighted by atomic mass is 10.0. The first-order chi connectivity index (χ1) is 24.3. The summed E-state index contributed by atoms with van der Waals surface area (Å²) in [5.74, 6) is 2.59. The van der Waals surface area contributed by atoms with Crippen molar-refractivity contribution >= 4 is 39.0 Å². The molecule has 0 spiro atoms. The van der Waals surface area contributed by atoms with Gasteiger partial charge in [-0.05, 0) is 53.6 Å². The Labute approximate surface area is 280 Å². The highest BCUT2D eigenvalue weighted by Crippen LogP contribution is 2.36. The van der Waals surface area contributed by atoms with Crippen LogP contribution in [0.25, 0.3) is 90.0 Å². The predicted octanol–water partition coefficient (Wildman–Crippen LogP) is 10.0. The Morgan fingerprint density at radius 2 is 0.959 bits per heavy atom. The minimum atomic E-state index is 0.588. The molecule has 4 aromatic heterocycles. The highest BCUT2D eigenvalue weighted by Gasteiger charge is 2.22. The van der Waals surface area contributed by atoms with E-state index in [1.807, 2.05) is 72.8 Å². The van der Waals surface area contributed by atoms with E-state index in [4.69, 9.17) is 24.4 Å². The number of imidazole rings is 2. The van der Waals surface area contributed by atoms with E-state index in [0.717, 1.165) is 72.5 Å². The van der Waals surface area contributed by atoms with Crippen LogP contribution in [0.1, 0.15) is 0 Å². The summed E-state index contributed by atoms with van der Waals surface area (Å²) in [5.41, 5.74) is 10.3. The summed E-state index contributed by atoms with van der Waals surface area (Å²) < 4.78 is 10.7. The van der Waals surface area contributed by atoms with Crippen LogP contribution < -0.4 is 0 Å². The number of nitrogens with zero attached hydrogens (tertiary/aromatic N) is 6. The summed E-state index contributed by atoms with van der Waals surface area (Å²) in [4.78, 5) is 20.2. The number of rotatable bonds is 5. The molecule has 0 aliphatic heterocycles. The maximum Gasteiger partial charge on any atom is 0.234 e. The van der Waals surface area contributed by atoms with Crippen LogP contribution in [0.4, 0.5) is 0 Å². The van der Waals surface area contributed by atoms with Crippen molar-refractivity contribution in [2.75, 3.05) is 0 Å². The van der Waals surface area contributed by atoms with Crippen molar-refractivity contribution in [1.29, 1.82) is 0 Å². The van der Waals surface area contributed by atoms with E-state index in [2.05, 4.69) is 93.9 Å². The zero-order chi connectivity index (χ0) is 32.3. The largest absolute Gasteiger partial charge is 0.437 e. The lowest BCUT2D eigenvalue weighted by molar-refractivity contribution is 0.651. The number of fused-ring (bicyclic) bond motifs is 7. The van der Waals surface area contributed by atoms with E-state index in [9.17, 15) is 0 Å². The van der Waals surface area contributed by atoms with E-state index in [1.54, 1.807) is 0 Å². The molecule has 7 nitrogen and oxygen atoms in total. The molecule has 0 saturated heterocycles. The molecule has 10 aromatic rings. The molecule has 0 fully saturated rings. The summed E-state index contributed by atoms with van der Waals surface area (Å²) in [5, 5.41) is 0.994. The highest BCUT2D eigenvalue weighted by atomic mass is 16.3. The molecule has 0 amide bonds. The van der Waals surface area contributed by atoms with Gasteiger partial charge in [0.05, 0.1) is 11.0 Å². The van der Waals surface area contributed by atoms with Gasteiger partial charge in [-0.1, -0.05) is 115 Å². The van der Waals surface area contributed by atoms with Crippen LogP contribution in [-0.4, -0.2) is 28.9 Å². The second-order valence-corrected chi connectivity index (χ2v) is 12.0. The molecule has 0 unspecified atom stereocenters. The smallest absolute Gasteiger partial charge is 0.234 e. The first-order valence-corrected chi connectivity index (χ1v) is 16.2. The Morgan fingerprint density at radius 3 is 1.67 bits per heavy atom. The van der Waals surface area contributed by atoms with Crippen molar-refractivity contribution in [1.82, 2.24) is 28.9 Å². The fourth-order valence-electron chi connectivity index (χ4n) is 6.65. The second kappa shape index (κ2) is 10.9. The Morgan fingerprint density at radius 1 is 0.429 bits per heavy atom. The van der Waals surface area contributed by atoms with Crippen LogP contribution in [0.15, 0.2) is 162 Å². The van der Waals surface area contributed by atoms with Gasteiger partial charge in [0, 0.05) is 27.8 Å². The van der Waals surface area contributed by atoms with Crippen molar-refractivity contribution in [3.63, 3.8) is 0 Å². The minimum absolute atomic E-state index is 0.588. The maximum atomic E-state index is 6.40. The van der Waals surface area contributed by atoms with Gasteiger partial charge in [0.2, 0.25) is 11.5 Å². The molecule has 0 bridgehead atoms. The summed E-state index contributed by atoms with van der Waals surface area (Å²) in [6.45, 7) is 0. The predicted molar refractivity (Wildman–Crippen MR) is 194 cm³/mol. The normalized spacial score (nSPS) is 11.7. The lowest BCUT2D eigenvalue weighted by Crippen LogP contribution is -2.00. The molecular formula is C42H26N6O. The van der Waals surface area contributed by atoms with Crippen molar-refractivity contribution in [2.45, 2.75) is 0 Å². The number of hydrogen-bond donors (Lipinski definition) is 0. The maximum absolute atomic E-state index is 6.40. The standard InChI is InChI=1S/C42H26N6O/c1-4-12-27(13-5-1)28-20-22-30(23-21-28)39-44-38(29-14-6-2-7-15-29)45-40(46-39)31-24-25-34-35(26-31)47(32-16-8-3-9-17-32)42-43-37-33-18-10-11-19-36(33)49-41(37)48(34)42/h1-26H. The average molecular weight is 631 g/mol. The molecule has 0 saturated carbocycles. The van der Waals surface area contributed by atoms with E-state index in [-0.39, 0.29) is 0 Å². The molecule has 4 heterocycles. The molecule has 0 N–H and O–H groups in total. The van der Waals surface area contributed by atoms with Crippen LogP contribution >= 0.6 is 0 Å². The summed E-state index contributed by atoms with van der Waals surface area (Å²) in [6.07, 6.45) is 0. The summed E-state index contributed by atoms with van der Waals surface area (Å²) in [7, 11) is 0. The van der Waals surface area contributed by atoms with Gasteiger partial charge in [-0.2, -0.15) is 0 Å². The topological polar surface area (TPSA) is 74.0 Å². The molecule has 7 heteroatoms. The number of furan rings is 1. The van der Waals surface area contributed by atoms with E-state index in [1.165, 1.54) is 0 Å². The molecule has 0 aliphatic carbocycles. The fraction of sp³-hybridized carbons (Fsp3) is 0. The van der Waals surface area contributed by atoms with E-state index < -0.39 is 0 Å². The first-order valence-electron chi connectivity index (χ1n) is 16.2. The van der Waals surface area contributed by atoms with Crippen molar-refractivity contribution in [2.24, 2.45) is 0 Å². The monoisotopic (exact) mass is 630 g/mol. The zero-order valence-electron chi connectivity index (χ0n) is 26.1. The number of hydrogen-bond acceptors (Lipinski definition) is 5. The van der Waals surface area contributed by atoms with Crippen LogP contribution in [0.3, 0.4) is 0 Å². The number of aromatic nitrogens is 6. The van der Waals surface area contributed by atoms with Gasteiger partial charge in [-0.3, -0.25) is 4.57 Å². The van der Waals surface area contributed by atoms with Crippen molar-refractivity contribution < 1.29 is 4.42 Å². The summed E-state index contributed by atoms with van der Waals surface area (Å²) in [6, 6.07) is 53.4. The number of para-hydroxylation sites is 2. The zero-order valence-corrected chi connectivity index (χ0v) is 26.1. The van der Waals surface area contributed by atoms with Crippen LogP contribution in [-0.2, 0) is 0 Å². The van der Waals surface area contributed by atoms with Gasteiger partial charge in [-0.15, -0.1) is 0 Å². The Hall–Kier alpha value is -6.86. The quantitative estimate of drug-likeness (QED) is 0.189.